The third-order valence-electron chi connectivity index (χ3n) is 6.86. The Bertz CT molecular complexity index is 1470. The van der Waals surface area contributed by atoms with E-state index in [-0.39, 0.29) is 55.9 Å². The van der Waals surface area contributed by atoms with Gasteiger partial charge in [-0.1, -0.05) is 65.3 Å². The number of anilines is 1. The zero-order valence-corrected chi connectivity index (χ0v) is 26.3. The summed E-state index contributed by atoms with van der Waals surface area (Å²) in [7, 11) is -3.86. The summed E-state index contributed by atoms with van der Waals surface area (Å²) in [6, 6.07) is 18.8. The molecule has 0 unspecified atom stereocenters. The summed E-state index contributed by atoms with van der Waals surface area (Å²) >= 11 is 3.46. The second kappa shape index (κ2) is 15.2. The first-order valence-corrected chi connectivity index (χ1v) is 16.3. The molecule has 2 atom stereocenters. The second-order valence-electron chi connectivity index (χ2n) is 10.2. The van der Waals surface area contributed by atoms with Crippen molar-refractivity contribution < 1.29 is 26.8 Å². The van der Waals surface area contributed by atoms with E-state index in [1.54, 1.807) is 0 Å². The standard InChI is InChI=1S/C31H36BrF2N3O4S/c1-4-22(2)35-31(39)29(19-23-10-6-5-7-11-23)36(21-24-12-8-13-25(32)18-24)30(38)14-9-17-37(42(3,40)41)26-15-16-27(33)28(34)20-26/h5-8,10-13,15-16,18,20,22,29H,4,9,14,17,19,21H2,1-3H3,(H,35,39)/t22-,29+/m0/s1. The van der Waals surface area contributed by atoms with E-state index in [1.807, 2.05) is 68.4 Å². The van der Waals surface area contributed by atoms with Gasteiger partial charge in [0, 0.05) is 42.5 Å². The topological polar surface area (TPSA) is 86.8 Å². The van der Waals surface area contributed by atoms with Gasteiger partial charge < -0.3 is 10.2 Å². The number of hydrogen-bond donors (Lipinski definition) is 1. The number of amides is 2. The van der Waals surface area contributed by atoms with Gasteiger partial charge in [-0.25, -0.2) is 17.2 Å². The van der Waals surface area contributed by atoms with Gasteiger partial charge in [0.1, 0.15) is 6.04 Å². The zero-order valence-electron chi connectivity index (χ0n) is 23.9. The van der Waals surface area contributed by atoms with Crippen molar-refractivity contribution in [3.63, 3.8) is 0 Å². The Hall–Kier alpha value is -3.31. The lowest BCUT2D eigenvalue weighted by Crippen LogP contribution is -2.52. The maximum Gasteiger partial charge on any atom is 0.243 e. The fourth-order valence-corrected chi connectivity index (χ4v) is 5.88. The molecule has 0 radical (unpaired) electrons. The van der Waals surface area contributed by atoms with Crippen molar-refractivity contribution in [2.45, 2.75) is 58.2 Å². The largest absolute Gasteiger partial charge is 0.352 e. The number of hydrogen-bond acceptors (Lipinski definition) is 4. The summed E-state index contributed by atoms with van der Waals surface area (Å²) in [5.41, 5.74) is 1.66. The van der Waals surface area contributed by atoms with Crippen LogP contribution in [-0.4, -0.2) is 50.0 Å². The van der Waals surface area contributed by atoms with Gasteiger partial charge in [0.2, 0.25) is 21.8 Å². The minimum atomic E-state index is -3.86. The predicted octanol–water partition coefficient (Wildman–Crippen LogP) is 5.83. The Labute approximate surface area is 255 Å². The Morgan fingerprint density at radius 1 is 0.952 bits per heavy atom. The Morgan fingerprint density at radius 2 is 1.64 bits per heavy atom. The summed E-state index contributed by atoms with van der Waals surface area (Å²) in [6.45, 7) is 3.88. The highest BCUT2D eigenvalue weighted by atomic mass is 79.9. The molecule has 1 N–H and O–H groups in total. The molecule has 0 aromatic heterocycles. The summed E-state index contributed by atoms with van der Waals surface area (Å²) < 4.78 is 54.1. The van der Waals surface area contributed by atoms with Gasteiger partial charge in [0.15, 0.2) is 11.6 Å². The van der Waals surface area contributed by atoms with E-state index < -0.39 is 27.7 Å². The first kappa shape index (κ1) is 33.2. The van der Waals surface area contributed by atoms with Crippen LogP contribution in [-0.2, 0) is 32.6 Å². The van der Waals surface area contributed by atoms with Gasteiger partial charge >= 0.3 is 0 Å². The van der Waals surface area contributed by atoms with Crippen LogP contribution in [0.4, 0.5) is 14.5 Å². The molecule has 3 aromatic rings. The Morgan fingerprint density at radius 3 is 2.26 bits per heavy atom. The third-order valence-corrected chi connectivity index (χ3v) is 8.54. The number of nitrogens with zero attached hydrogens (tertiary/aromatic N) is 2. The maximum atomic E-state index is 13.9. The smallest absolute Gasteiger partial charge is 0.243 e. The van der Waals surface area contributed by atoms with Crippen molar-refractivity contribution in [3.8, 4) is 0 Å². The highest BCUT2D eigenvalue weighted by Gasteiger charge is 2.31. The first-order chi connectivity index (χ1) is 19.9. The van der Waals surface area contributed by atoms with E-state index in [1.165, 1.54) is 11.0 Å². The number of carbonyl (C=O) groups excluding carboxylic acids is 2. The van der Waals surface area contributed by atoms with E-state index in [4.69, 9.17) is 0 Å². The molecule has 0 spiro atoms. The number of carbonyl (C=O) groups is 2. The molecular weight excluding hydrogens is 628 g/mol. The summed E-state index contributed by atoms with van der Waals surface area (Å²) in [6.07, 6.45) is 1.98. The number of rotatable bonds is 14. The van der Waals surface area contributed by atoms with Crippen LogP contribution < -0.4 is 9.62 Å². The fourth-order valence-electron chi connectivity index (χ4n) is 4.47. The molecule has 0 saturated heterocycles. The quantitative estimate of drug-likeness (QED) is 0.235. The molecule has 0 bridgehead atoms. The van der Waals surface area contributed by atoms with Gasteiger partial charge in [-0.3, -0.25) is 13.9 Å². The number of sulfonamides is 1. The van der Waals surface area contributed by atoms with Crippen molar-refractivity contribution >= 4 is 43.5 Å². The van der Waals surface area contributed by atoms with Gasteiger partial charge in [-0.2, -0.15) is 0 Å². The molecule has 2 amide bonds. The average molecular weight is 665 g/mol. The molecule has 3 rings (SSSR count). The van der Waals surface area contributed by atoms with Crippen molar-refractivity contribution in [1.29, 1.82) is 0 Å². The molecule has 7 nitrogen and oxygen atoms in total. The van der Waals surface area contributed by atoms with E-state index >= 15 is 0 Å². The van der Waals surface area contributed by atoms with Gasteiger partial charge in [0.05, 0.1) is 11.9 Å². The lowest BCUT2D eigenvalue weighted by molar-refractivity contribution is -0.141. The van der Waals surface area contributed by atoms with Crippen LogP contribution >= 0.6 is 15.9 Å². The molecule has 3 aromatic carbocycles. The Balaban J connectivity index is 1.90. The lowest BCUT2D eigenvalue weighted by atomic mass is 10.0. The summed E-state index contributed by atoms with van der Waals surface area (Å²) in [5.74, 6) is -2.88. The Kier molecular flexibility index (Phi) is 12.0. The van der Waals surface area contributed by atoms with E-state index in [2.05, 4.69) is 21.2 Å². The minimum Gasteiger partial charge on any atom is -0.352 e. The highest BCUT2D eigenvalue weighted by molar-refractivity contribution is 9.10. The molecule has 0 heterocycles. The van der Waals surface area contributed by atoms with E-state index in [0.29, 0.717) is 6.42 Å². The summed E-state index contributed by atoms with van der Waals surface area (Å²) in [4.78, 5) is 29.0. The van der Waals surface area contributed by atoms with Gasteiger partial charge in [0.25, 0.3) is 0 Å². The highest BCUT2D eigenvalue weighted by Crippen LogP contribution is 2.23. The van der Waals surface area contributed by atoms with Crippen molar-refractivity contribution in [3.05, 3.63) is 100 Å². The molecule has 0 aliphatic carbocycles. The van der Waals surface area contributed by atoms with Crippen LogP contribution in [0.25, 0.3) is 0 Å². The van der Waals surface area contributed by atoms with Crippen molar-refractivity contribution in [2.75, 3.05) is 17.1 Å². The monoisotopic (exact) mass is 663 g/mol. The number of nitrogens with one attached hydrogen (secondary N) is 1. The normalized spacial score (nSPS) is 12.8. The first-order valence-electron chi connectivity index (χ1n) is 13.7. The summed E-state index contributed by atoms with van der Waals surface area (Å²) in [5, 5.41) is 3.01. The molecule has 11 heteroatoms. The molecule has 0 aliphatic heterocycles. The molecule has 226 valence electrons. The average Bonchev–Trinajstić information content (AvgIpc) is 2.94. The van der Waals surface area contributed by atoms with Gasteiger partial charge in [-0.15, -0.1) is 0 Å². The van der Waals surface area contributed by atoms with E-state index in [9.17, 15) is 26.8 Å². The third kappa shape index (κ3) is 9.62. The van der Waals surface area contributed by atoms with Crippen LogP contribution in [0.15, 0.2) is 77.3 Å². The second-order valence-corrected chi connectivity index (χ2v) is 13.0. The van der Waals surface area contributed by atoms with Gasteiger partial charge in [-0.05, 0) is 55.2 Å². The van der Waals surface area contributed by atoms with Crippen molar-refractivity contribution in [1.82, 2.24) is 10.2 Å². The minimum absolute atomic E-state index is 0.0373. The van der Waals surface area contributed by atoms with Crippen molar-refractivity contribution in [2.24, 2.45) is 0 Å². The predicted molar refractivity (Wildman–Crippen MR) is 164 cm³/mol. The van der Waals surface area contributed by atoms with E-state index in [0.717, 1.165) is 38.3 Å². The maximum absolute atomic E-state index is 13.9. The SMILES string of the molecule is CC[C@H](C)NC(=O)[C@@H](Cc1ccccc1)N(Cc1cccc(Br)c1)C(=O)CCCN(c1ccc(F)c(F)c1)S(C)(=O)=O. The van der Waals surface area contributed by atoms with Crippen LogP contribution in [0.5, 0.6) is 0 Å². The van der Waals surface area contributed by atoms with Crippen LogP contribution in [0.3, 0.4) is 0 Å². The number of halogens is 3. The molecule has 0 aliphatic rings. The molecule has 0 saturated carbocycles. The van der Waals surface area contributed by atoms with Crippen LogP contribution in [0, 0.1) is 11.6 Å². The molecule has 0 fully saturated rings. The van der Waals surface area contributed by atoms with Crippen LogP contribution in [0.2, 0.25) is 0 Å². The zero-order chi connectivity index (χ0) is 30.9. The molecular formula is C31H36BrF2N3O4S. The fraction of sp³-hybridized carbons (Fsp3) is 0.355. The molecule has 42 heavy (non-hydrogen) atoms. The number of benzene rings is 3. The lowest BCUT2D eigenvalue weighted by Gasteiger charge is -2.32. The van der Waals surface area contributed by atoms with Crippen LogP contribution in [0.1, 0.15) is 44.2 Å².